The quantitative estimate of drug-likeness (QED) is 0.888. The van der Waals surface area contributed by atoms with Gasteiger partial charge in [-0.3, -0.25) is 9.59 Å². The third-order valence-corrected chi connectivity index (χ3v) is 3.08. The average molecular weight is 262 g/mol. The second-order valence-electron chi connectivity index (χ2n) is 4.40. The average Bonchev–Trinajstić information content (AvgIpc) is 2.42. The molecule has 19 heavy (non-hydrogen) atoms. The van der Waals surface area contributed by atoms with E-state index in [1.807, 2.05) is 25.1 Å². The van der Waals surface area contributed by atoms with Crippen LogP contribution in [0.15, 0.2) is 30.3 Å². The highest BCUT2D eigenvalue weighted by Crippen LogP contribution is 2.12. The number of carbonyl (C=O) groups excluding carboxylic acids is 2. The summed E-state index contributed by atoms with van der Waals surface area (Å²) in [6, 6.07) is 9.18. The number of amides is 2. The maximum absolute atomic E-state index is 12.0. The molecule has 0 bridgehead atoms. The molecule has 2 rings (SSSR count). The summed E-state index contributed by atoms with van der Waals surface area (Å²) in [7, 11) is 0. The molecule has 1 N–H and O–H groups in total. The number of nitrogens with zero attached hydrogens (tertiary/aromatic N) is 1. The zero-order chi connectivity index (χ0) is 13.7. The number of likely N-dealkylation sites (N-methyl/N-ethyl adjacent to an activating group) is 1. The van der Waals surface area contributed by atoms with E-state index >= 15 is 0 Å². The number of carbonyl (C=O) groups is 2. The van der Waals surface area contributed by atoms with E-state index in [1.54, 1.807) is 17.0 Å². The summed E-state index contributed by atoms with van der Waals surface area (Å²) in [5.74, 6) is -0.306. The first-order valence-corrected chi connectivity index (χ1v) is 6.46. The van der Waals surface area contributed by atoms with Crippen LogP contribution in [0.4, 0.5) is 5.69 Å². The van der Waals surface area contributed by atoms with Crippen molar-refractivity contribution in [3.63, 3.8) is 0 Å². The third-order valence-electron chi connectivity index (χ3n) is 3.08. The van der Waals surface area contributed by atoms with E-state index in [1.165, 1.54) is 0 Å². The molecule has 0 aromatic heterocycles. The van der Waals surface area contributed by atoms with Crippen LogP contribution in [0.25, 0.3) is 0 Å². The van der Waals surface area contributed by atoms with Gasteiger partial charge in [0.05, 0.1) is 13.0 Å². The molecule has 102 valence electrons. The monoisotopic (exact) mass is 262 g/mol. The first kappa shape index (κ1) is 13.5. The summed E-state index contributed by atoms with van der Waals surface area (Å²) >= 11 is 0. The van der Waals surface area contributed by atoms with Crippen LogP contribution in [-0.2, 0) is 14.3 Å². The zero-order valence-electron chi connectivity index (χ0n) is 11.0. The van der Waals surface area contributed by atoms with E-state index in [2.05, 4.69) is 5.32 Å². The molecule has 0 unspecified atom stereocenters. The fourth-order valence-electron chi connectivity index (χ4n) is 2.05. The number of para-hydroxylation sites is 1. The number of morpholine rings is 1. The van der Waals surface area contributed by atoms with Crippen molar-refractivity contribution in [3.05, 3.63) is 30.3 Å². The van der Waals surface area contributed by atoms with Crippen LogP contribution in [0.3, 0.4) is 0 Å². The Morgan fingerprint density at radius 3 is 2.84 bits per heavy atom. The summed E-state index contributed by atoms with van der Waals surface area (Å²) in [5, 5.41) is 2.75. The summed E-state index contributed by atoms with van der Waals surface area (Å²) in [4.78, 5) is 25.5. The standard InChI is InChI=1S/C14H18N2O3/c1-2-16-8-9-19-12(14(16)18)10-13(17)15-11-6-4-3-5-7-11/h3-7,12H,2,8-10H2,1H3,(H,15,17)/t12-/m1/s1. The number of nitrogens with one attached hydrogen (secondary N) is 1. The molecule has 0 radical (unpaired) electrons. The molecule has 1 aliphatic heterocycles. The van der Waals surface area contributed by atoms with Crippen molar-refractivity contribution in [1.82, 2.24) is 4.90 Å². The molecule has 5 nitrogen and oxygen atoms in total. The van der Waals surface area contributed by atoms with Crippen molar-refractivity contribution in [1.29, 1.82) is 0 Å². The van der Waals surface area contributed by atoms with Gasteiger partial charge in [-0.15, -0.1) is 0 Å². The van der Waals surface area contributed by atoms with E-state index in [9.17, 15) is 9.59 Å². The number of ether oxygens (including phenoxy) is 1. The van der Waals surface area contributed by atoms with Crippen molar-refractivity contribution in [3.8, 4) is 0 Å². The Balaban J connectivity index is 1.90. The van der Waals surface area contributed by atoms with Crippen LogP contribution in [-0.4, -0.2) is 42.5 Å². The van der Waals surface area contributed by atoms with Gasteiger partial charge in [-0.1, -0.05) is 18.2 Å². The van der Waals surface area contributed by atoms with Gasteiger partial charge in [0.25, 0.3) is 5.91 Å². The highest BCUT2D eigenvalue weighted by molar-refractivity contribution is 5.95. The lowest BCUT2D eigenvalue weighted by atomic mass is 10.1. The number of hydrogen-bond donors (Lipinski definition) is 1. The lowest BCUT2D eigenvalue weighted by Crippen LogP contribution is -2.48. The molecule has 2 amide bonds. The van der Waals surface area contributed by atoms with Crippen molar-refractivity contribution >= 4 is 17.5 Å². The first-order chi connectivity index (χ1) is 9.20. The second kappa shape index (κ2) is 6.33. The minimum Gasteiger partial charge on any atom is -0.366 e. The number of benzene rings is 1. The van der Waals surface area contributed by atoms with E-state index in [-0.39, 0.29) is 18.2 Å². The smallest absolute Gasteiger partial charge is 0.252 e. The molecular formula is C14H18N2O3. The molecule has 5 heteroatoms. The Hall–Kier alpha value is -1.88. The molecule has 1 aromatic rings. The van der Waals surface area contributed by atoms with E-state index < -0.39 is 6.10 Å². The molecule has 1 aromatic carbocycles. The summed E-state index contributed by atoms with van der Waals surface area (Å²) in [5.41, 5.74) is 0.725. The van der Waals surface area contributed by atoms with Gasteiger partial charge in [-0.2, -0.15) is 0 Å². The van der Waals surface area contributed by atoms with Gasteiger partial charge < -0.3 is 15.0 Å². The van der Waals surface area contributed by atoms with Gasteiger partial charge in [-0.05, 0) is 19.1 Å². The third kappa shape index (κ3) is 3.54. The van der Waals surface area contributed by atoms with Gasteiger partial charge in [-0.25, -0.2) is 0 Å². The minimum absolute atomic E-state index is 0.0597. The number of rotatable bonds is 4. The van der Waals surface area contributed by atoms with E-state index in [0.29, 0.717) is 19.7 Å². The Morgan fingerprint density at radius 1 is 1.42 bits per heavy atom. The van der Waals surface area contributed by atoms with Gasteiger partial charge in [0.1, 0.15) is 6.10 Å². The Kier molecular flexibility index (Phi) is 4.52. The second-order valence-corrected chi connectivity index (χ2v) is 4.40. The van der Waals surface area contributed by atoms with Gasteiger partial charge >= 0.3 is 0 Å². The highest BCUT2D eigenvalue weighted by Gasteiger charge is 2.30. The fraction of sp³-hybridized carbons (Fsp3) is 0.429. The van der Waals surface area contributed by atoms with Crippen molar-refractivity contribution in [2.45, 2.75) is 19.4 Å². The van der Waals surface area contributed by atoms with E-state index in [4.69, 9.17) is 4.74 Å². The lowest BCUT2D eigenvalue weighted by Gasteiger charge is -2.31. The Labute approximate surface area is 112 Å². The topological polar surface area (TPSA) is 58.6 Å². The molecule has 1 saturated heterocycles. The SMILES string of the molecule is CCN1CCO[C@H](CC(=O)Nc2ccccc2)C1=O. The molecule has 0 saturated carbocycles. The number of hydrogen-bond acceptors (Lipinski definition) is 3. The van der Waals surface area contributed by atoms with Crippen LogP contribution in [0.5, 0.6) is 0 Å². The van der Waals surface area contributed by atoms with Crippen molar-refractivity contribution in [2.24, 2.45) is 0 Å². The van der Waals surface area contributed by atoms with Crippen LogP contribution < -0.4 is 5.32 Å². The normalized spacial score (nSPS) is 19.3. The van der Waals surface area contributed by atoms with Gasteiger partial charge in [0.2, 0.25) is 5.91 Å². The largest absolute Gasteiger partial charge is 0.366 e. The molecule has 0 spiro atoms. The predicted molar refractivity (Wildman–Crippen MR) is 71.7 cm³/mol. The summed E-state index contributed by atoms with van der Waals surface area (Å²) in [6.07, 6.45) is -0.595. The molecule has 1 fully saturated rings. The summed E-state index contributed by atoms with van der Waals surface area (Å²) < 4.78 is 5.38. The van der Waals surface area contributed by atoms with Gasteiger partial charge in [0, 0.05) is 18.8 Å². The maximum atomic E-state index is 12.0. The molecule has 1 atom stereocenters. The zero-order valence-corrected chi connectivity index (χ0v) is 11.0. The fourth-order valence-corrected chi connectivity index (χ4v) is 2.05. The van der Waals surface area contributed by atoms with Gasteiger partial charge in [0.15, 0.2) is 0 Å². The summed E-state index contributed by atoms with van der Waals surface area (Å²) in [6.45, 7) is 3.66. The van der Waals surface area contributed by atoms with Crippen LogP contribution >= 0.6 is 0 Å². The molecule has 1 aliphatic rings. The van der Waals surface area contributed by atoms with Crippen LogP contribution in [0.2, 0.25) is 0 Å². The minimum atomic E-state index is -0.655. The maximum Gasteiger partial charge on any atom is 0.252 e. The molecule has 0 aliphatic carbocycles. The van der Waals surface area contributed by atoms with Crippen LogP contribution in [0, 0.1) is 0 Å². The van der Waals surface area contributed by atoms with E-state index in [0.717, 1.165) is 5.69 Å². The molecular weight excluding hydrogens is 244 g/mol. The first-order valence-electron chi connectivity index (χ1n) is 6.46. The van der Waals surface area contributed by atoms with Crippen molar-refractivity contribution in [2.75, 3.05) is 25.0 Å². The number of anilines is 1. The predicted octanol–water partition coefficient (Wildman–Crippen LogP) is 1.26. The highest BCUT2D eigenvalue weighted by atomic mass is 16.5. The van der Waals surface area contributed by atoms with Crippen molar-refractivity contribution < 1.29 is 14.3 Å². The Morgan fingerprint density at radius 2 is 2.16 bits per heavy atom. The Bertz CT molecular complexity index is 447. The van der Waals surface area contributed by atoms with Crippen LogP contribution in [0.1, 0.15) is 13.3 Å². The molecule has 1 heterocycles. The lowest BCUT2D eigenvalue weighted by molar-refractivity contribution is -0.154.